The molecule has 0 radical (unpaired) electrons. The van der Waals surface area contributed by atoms with Crippen LogP contribution in [-0.4, -0.2) is 52.5 Å². The van der Waals surface area contributed by atoms with Crippen molar-refractivity contribution in [1.82, 2.24) is 14.7 Å². The number of hydrogen-bond acceptors (Lipinski definition) is 6. The Kier molecular flexibility index (Phi) is 6.13. The fraction of sp³-hybridized carbons (Fsp3) is 0.500. The number of anilines is 2. The van der Waals surface area contributed by atoms with Crippen LogP contribution in [0.25, 0.3) is 0 Å². The normalized spacial score (nSPS) is 16.5. The summed E-state index contributed by atoms with van der Waals surface area (Å²) in [5, 5.41) is 13.7. The molecule has 1 aliphatic rings. The lowest BCUT2D eigenvalue weighted by Gasteiger charge is -2.36. The zero-order valence-electron chi connectivity index (χ0n) is 16.1. The third kappa shape index (κ3) is 4.67. The van der Waals surface area contributed by atoms with Gasteiger partial charge in [-0.1, -0.05) is 17.7 Å². The van der Waals surface area contributed by atoms with Gasteiger partial charge in [-0.05, 0) is 32.4 Å². The summed E-state index contributed by atoms with van der Waals surface area (Å²) in [4.78, 5) is 17.1. The second-order valence-electron chi connectivity index (χ2n) is 7.24. The Morgan fingerprint density at radius 1 is 1.15 bits per heavy atom. The first-order chi connectivity index (χ1) is 13.0. The SMILES string of the molecule is Cc1ccc(N2CCN(CCCn3ncc(C(C)O)c(N)c3=O)CC2)cc1. The number of nitrogens with two attached hydrogens (primary N) is 1. The molecule has 3 N–H and O–H groups in total. The van der Waals surface area contributed by atoms with E-state index in [1.807, 2.05) is 0 Å². The maximum absolute atomic E-state index is 12.2. The van der Waals surface area contributed by atoms with Gasteiger partial charge in [0.05, 0.1) is 12.3 Å². The van der Waals surface area contributed by atoms with Gasteiger partial charge in [-0.15, -0.1) is 0 Å². The summed E-state index contributed by atoms with van der Waals surface area (Å²) < 4.78 is 1.39. The standard InChI is InChI=1S/C20H29N5O2/c1-15-4-6-17(7-5-15)24-12-10-23(11-13-24)8-3-9-25-20(27)19(21)18(14-22-25)16(2)26/h4-7,14,16,26H,3,8-13,21H2,1-2H3. The average molecular weight is 371 g/mol. The second kappa shape index (κ2) is 8.54. The zero-order chi connectivity index (χ0) is 19.4. The van der Waals surface area contributed by atoms with Crippen LogP contribution in [0, 0.1) is 6.92 Å². The topological polar surface area (TPSA) is 87.6 Å². The first-order valence-corrected chi connectivity index (χ1v) is 9.53. The van der Waals surface area contributed by atoms with E-state index in [-0.39, 0.29) is 11.2 Å². The third-order valence-electron chi connectivity index (χ3n) is 5.18. The van der Waals surface area contributed by atoms with Crippen LogP contribution in [-0.2, 0) is 6.54 Å². The summed E-state index contributed by atoms with van der Waals surface area (Å²) in [5.41, 5.74) is 8.55. The number of aliphatic hydroxyl groups is 1. The first kappa shape index (κ1) is 19.4. The van der Waals surface area contributed by atoms with Crippen LogP contribution in [0.3, 0.4) is 0 Å². The molecule has 1 aliphatic heterocycles. The zero-order valence-corrected chi connectivity index (χ0v) is 16.1. The molecule has 146 valence electrons. The Morgan fingerprint density at radius 2 is 1.81 bits per heavy atom. The fourth-order valence-corrected chi connectivity index (χ4v) is 3.44. The Hall–Kier alpha value is -2.38. The number of aromatic nitrogens is 2. The smallest absolute Gasteiger partial charge is 0.290 e. The van der Waals surface area contributed by atoms with E-state index in [4.69, 9.17) is 5.73 Å². The third-order valence-corrected chi connectivity index (χ3v) is 5.18. The van der Waals surface area contributed by atoms with E-state index in [0.29, 0.717) is 12.1 Å². The highest BCUT2D eigenvalue weighted by atomic mass is 16.3. The van der Waals surface area contributed by atoms with Crippen molar-refractivity contribution in [3.05, 3.63) is 51.9 Å². The highest BCUT2D eigenvalue weighted by Crippen LogP contribution is 2.17. The lowest BCUT2D eigenvalue weighted by Crippen LogP contribution is -2.46. The van der Waals surface area contributed by atoms with Crippen molar-refractivity contribution >= 4 is 11.4 Å². The van der Waals surface area contributed by atoms with Crippen LogP contribution in [0.2, 0.25) is 0 Å². The van der Waals surface area contributed by atoms with Crippen LogP contribution >= 0.6 is 0 Å². The average Bonchev–Trinajstić information content (AvgIpc) is 2.66. The van der Waals surface area contributed by atoms with Crippen LogP contribution in [0.4, 0.5) is 11.4 Å². The molecule has 1 aromatic carbocycles. The molecule has 0 saturated carbocycles. The van der Waals surface area contributed by atoms with E-state index in [0.717, 1.165) is 39.1 Å². The fourth-order valence-electron chi connectivity index (χ4n) is 3.44. The van der Waals surface area contributed by atoms with Crippen molar-refractivity contribution in [3.8, 4) is 0 Å². The number of nitrogens with zero attached hydrogens (tertiary/aromatic N) is 4. The van der Waals surface area contributed by atoms with E-state index in [9.17, 15) is 9.90 Å². The van der Waals surface area contributed by atoms with Crippen molar-refractivity contribution < 1.29 is 5.11 Å². The lowest BCUT2D eigenvalue weighted by molar-refractivity contribution is 0.199. The maximum atomic E-state index is 12.2. The van der Waals surface area contributed by atoms with E-state index in [1.54, 1.807) is 6.92 Å². The molecule has 0 amide bonds. The van der Waals surface area contributed by atoms with Gasteiger partial charge >= 0.3 is 0 Å². The van der Waals surface area contributed by atoms with Crippen LogP contribution in [0.15, 0.2) is 35.3 Å². The molecule has 27 heavy (non-hydrogen) atoms. The van der Waals surface area contributed by atoms with Gasteiger partial charge in [-0.2, -0.15) is 5.10 Å². The molecule has 7 nitrogen and oxygen atoms in total. The highest BCUT2D eigenvalue weighted by molar-refractivity contribution is 5.48. The molecule has 1 fully saturated rings. The lowest BCUT2D eigenvalue weighted by atomic mass is 10.2. The van der Waals surface area contributed by atoms with Crippen molar-refractivity contribution in [3.63, 3.8) is 0 Å². The summed E-state index contributed by atoms with van der Waals surface area (Å²) in [6.07, 6.45) is 1.54. The van der Waals surface area contributed by atoms with Gasteiger partial charge in [0.15, 0.2) is 0 Å². The predicted molar refractivity (Wildman–Crippen MR) is 108 cm³/mol. The molecule has 0 spiro atoms. The van der Waals surface area contributed by atoms with Crippen LogP contribution in [0.5, 0.6) is 0 Å². The molecule has 0 bridgehead atoms. The van der Waals surface area contributed by atoms with Crippen molar-refractivity contribution in [2.75, 3.05) is 43.4 Å². The number of piperazine rings is 1. The largest absolute Gasteiger partial charge is 0.394 e. The van der Waals surface area contributed by atoms with Gasteiger partial charge in [-0.25, -0.2) is 4.68 Å². The summed E-state index contributed by atoms with van der Waals surface area (Å²) in [7, 11) is 0. The van der Waals surface area contributed by atoms with Crippen LogP contribution in [0.1, 0.15) is 30.6 Å². The summed E-state index contributed by atoms with van der Waals surface area (Å²) in [5.74, 6) is 0. The molecule has 0 aliphatic carbocycles. The molecule has 1 aromatic heterocycles. The minimum Gasteiger partial charge on any atom is -0.394 e. The molecule has 7 heteroatoms. The highest BCUT2D eigenvalue weighted by Gasteiger charge is 2.17. The van der Waals surface area contributed by atoms with Gasteiger partial charge in [0.25, 0.3) is 5.56 Å². The van der Waals surface area contributed by atoms with Gasteiger partial charge in [0.2, 0.25) is 0 Å². The predicted octanol–water partition coefficient (Wildman–Crippen LogP) is 1.40. The number of aryl methyl sites for hydroxylation is 2. The Balaban J connectivity index is 1.48. The maximum Gasteiger partial charge on any atom is 0.290 e. The van der Waals surface area contributed by atoms with Crippen molar-refractivity contribution in [2.24, 2.45) is 0 Å². The number of benzene rings is 1. The van der Waals surface area contributed by atoms with E-state index >= 15 is 0 Å². The van der Waals surface area contributed by atoms with Gasteiger partial charge in [0, 0.05) is 50.5 Å². The number of aliphatic hydroxyl groups excluding tert-OH is 1. The van der Waals surface area contributed by atoms with E-state index < -0.39 is 6.10 Å². The second-order valence-corrected chi connectivity index (χ2v) is 7.24. The van der Waals surface area contributed by atoms with E-state index in [2.05, 4.69) is 46.1 Å². The Morgan fingerprint density at radius 3 is 2.44 bits per heavy atom. The van der Waals surface area contributed by atoms with Gasteiger partial charge in [0.1, 0.15) is 5.69 Å². The summed E-state index contributed by atoms with van der Waals surface area (Å²) in [6.45, 7) is 9.18. The van der Waals surface area contributed by atoms with Gasteiger partial charge in [-0.3, -0.25) is 9.69 Å². The van der Waals surface area contributed by atoms with Crippen LogP contribution < -0.4 is 16.2 Å². The molecule has 1 saturated heterocycles. The number of nitrogen functional groups attached to an aromatic ring is 1. The summed E-state index contributed by atoms with van der Waals surface area (Å²) >= 11 is 0. The minimum absolute atomic E-state index is 0.0895. The molecular formula is C20H29N5O2. The molecule has 1 atom stereocenters. The first-order valence-electron chi connectivity index (χ1n) is 9.53. The van der Waals surface area contributed by atoms with Crippen molar-refractivity contribution in [2.45, 2.75) is 32.9 Å². The number of hydrogen-bond donors (Lipinski definition) is 2. The quantitative estimate of drug-likeness (QED) is 0.798. The number of rotatable bonds is 6. The molecule has 1 unspecified atom stereocenters. The Bertz CT molecular complexity index is 808. The monoisotopic (exact) mass is 371 g/mol. The molecule has 3 rings (SSSR count). The molecule has 2 aromatic rings. The van der Waals surface area contributed by atoms with E-state index in [1.165, 1.54) is 22.1 Å². The van der Waals surface area contributed by atoms with Crippen molar-refractivity contribution in [1.29, 1.82) is 0 Å². The molecular weight excluding hydrogens is 342 g/mol. The molecule has 2 heterocycles. The van der Waals surface area contributed by atoms with Gasteiger partial charge < -0.3 is 15.7 Å². The minimum atomic E-state index is -0.787. The Labute approximate surface area is 160 Å². The summed E-state index contributed by atoms with van der Waals surface area (Å²) in [6, 6.07) is 8.68.